The number of imide groups is 1. The molecule has 4 amide bonds. The molecule has 0 aromatic carbocycles. The summed E-state index contributed by atoms with van der Waals surface area (Å²) in [5.41, 5.74) is 1.55. The third-order valence-corrected chi connectivity index (χ3v) is 6.20. The normalized spacial score (nSPS) is 19.6. The molecule has 7 nitrogen and oxygen atoms in total. The van der Waals surface area contributed by atoms with Gasteiger partial charge in [-0.15, -0.1) is 11.3 Å². The number of anilines is 1. The molecular formula is C15H17N3O4S2. The highest BCUT2D eigenvalue weighted by Crippen LogP contribution is 2.38. The molecule has 0 saturated carbocycles. The number of thioether (sulfide) groups is 1. The smallest absolute Gasteiger partial charge is 0.286 e. The Hall–Kier alpha value is -1.87. The van der Waals surface area contributed by atoms with Crippen LogP contribution in [0.15, 0.2) is 0 Å². The topological polar surface area (TPSA) is 104 Å². The molecule has 2 aliphatic rings. The van der Waals surface area contributed by atoms with E-state index in [1.54, 1.807) is 7.05 Å². The van der Waals surface area contributed by atoms with Crippen LogP contribution in [0, 0.1) is 0 Å². The van der Waals surface area contributed by atoms with E-state index < -0.39 is 16.4 Å². The Bertz CT molecular complexity index is 729. The van der Waals surface area contributed by atoms with Crippen molar-refractivity contribution in [1.82, 2.24) is 10.6 Å². The maximum atomic E-state index is 12.3. The highest BCUT2D eigenvalue weighted by Gasteiger charge is 2.34. The number of nitrogens with one attached hydrogen (secondary N) is 3. The lowest BCUT2D eigenvalue weighted by molar-refractivity contribution is -0.122. The number of thiophene rings is 1. The third kappa shape index (κ3) is 3.32. The standard InChI is InChI=1S/C15H17N3O4S2/c1-16-13(21)11-7-4-2-3-5-8(7)23-14(11)17-10(19)6-9-12(20)18-15(22)24-9/h9H,2-6H2,1H3,(H,16,21)(H,17,19)(H,18,20,22)/t9-/m1/s1. The van der Waals surface area contributed by atoms with Crippen molar-refractivity contribution in [1.29, 1.82) is 0 Å². The minimum Gasteiger partial charge on any atom is -0.355 e. The van der Waals surface area contributed by atoms with Crippen molar-refractivity contribution >= 4 is 51.1 Å². The summed E-state index contributed by atoms with van der Waals surface area (Å²) in [4.78, 5) is 48.3. The first-order valence-corrected chi connectivity index (χ1v) is 9.37. The second-order valence-electron chi connectivity index (χ2n) is 5.63. The number of carbonyl (C=O) groups is 4. The molecule has 3 N–H and O–H groups in total. The van der Waals surface area contributed by atoms with E-state index in [9.17, 15) is 19.2 Å². The van der Waals surface area contributed by atoms with Crippen molar-refractivity contribution in [3.63, 3.8) is 0 Å². The minimum atomic E-state index is -0.712. The minimum absolute atomic E-state index is 0.0992. The van der Waals surface area contributed by atoms with E-state index >= 15 is 0 Å². The van der Waals surface area contributed by atoms with Crippen LogP contribution in [0.5, 0.6) is 0 Å². The largest absolute Gasteiger partial charge is 0.355 e. The van der Waals surface area contributed by atoms with Gasteiger partial charge in [0.2, 0.25) is 11.8 Å². The summed E-state index contributed by atoms with van der Waals surface area (Å²) in [5, 5.41) is 6.92. The Kier molecular flexibility index (Phi) is 4.91. The molecule has 0 bridgehead atoms. The molecule has 0 spiro atoms. The number of hydrogen-bond acceptors (Lipinski definition) is 6. The maximum absolute atomic E-state index is 12.3. The van der Waals surface area contributed by atoms with Crippen LogP contribution in [0.4, 0.5) is 9.80 Å². The Balaban J connectivity index is 1.78. The van der Waals surface area contributed by atoms with Gasteiger partial charge in [-0.3, -0.25) is 24.5 Å². The van der Waals surface area contributed by atoms with Gasteiger partial charge in [0.1, 0.15) is 10.3 Å². The lowest BCUT2D eigenvalue weighted by Crippen LogP contribution is -2.28. The van der Waals surface area contributed by atoms with Crippen molar-refractivity contribution in [3.8, 4) is 0 Å². The van der Waals surface area contributed by atoms with Crippen molar-refractivity contribution in [2.45, 2.75) is 37.4 Å². The summed E-state index contributed by atoms with van der Waals surface area (Å²) in [6, 6.07) is 0. The fourth-order valence-electron chi connectivity index (χ4n) is 2.89. The molecule has 1 aliphatic heterocycles. The lowest BCUT2D eigenvalue weighted by Gasteiger charge is -2.12. The first-order chi connectivity index (χ1) is 11.5. The van der Waals surface area contributed by atoms with Gasteiger partial charge in [-0.05, 0) is 31.2 Å². The molecule has 3 rings (SSSR count). The fraction of sp³-hybridized carbons (Fsp3) is 0.467. The summed E-state index contributed by atoms with van der Waals surface area (Å²) >= 11 is 2.24. The molecular weight excluding hydrogens is 350 g/mol. The van der Waals surface area contributed by atoms with E-state index in [1.807, 2.05) is 0 Å². The van der Waals surface area contributed by atoms with Gasteiger partial charge in [0, 0.05) is 18.3 Å². The quantitative estimate of drug-likeness (QED) is 0.751. The molecule has 0 radical (unpaired) electrons. The summed E-state index contributed by atoms with van der Waals surface area (Å²) < 4.78 is 0. The van der Waals surface area contributed by atoms with Crippen molar-refractivity contribution < 1.29 is 19.2 Å². The monoisotopic (exact) mass is 367 g/mol. The van der Waals surface area contributed by atoms with Crippen LogP contribution in [0.1, 0.15) is 40.1 Å². The summed E-state index contributed by atoms with van der Waals surface area (Å²) in [6.07, 6.45) is 3.75. The van der Waals surface area contributed by atoms with Gasteiger partial charge >= 0.3 is 0 Å². The molecule has 1 aliphatic carbocycles. The molecule has 9 heteroatoms. The van der Waals surface area contributed by atoms with Crippen LogP contribution < -0.4 is 16.0 Å². The number of rotatable bonds is 4. The van der Waals surface area contributed by atoms with Gasteiger partial charge in [0.15, 0.2) is 0 Å². The fourth-order valence-corrected chi connectivity index (χ4v) is 5.01. The second-order valence-corrected chi connectivity index (χ2v) is 7.91. The van der Waals surface area contributed by atoms with Gasteiger partial charge in [0.25, 0.3) is 11.1 Å². The van der Waals surface area contributed by atoms with Gasteiger partial charge in [-0.1, -0.05) is 11.8 Å². The zero-order valence-corrected chi connectivity index (χ0v) is 14.7. The molecule has 1 fully saturated rings. The summed E-state index contributed by atoms with van der Waals surface area (Å²) in [5.74, 6) is -1.04. The zero-order valence-electron chi connectivity index (χ0n) is 13.1. The van der Waals surface area contributed by atoms with E-state index in [2.05, 4.69) is 16.0 Å². The molecule has 1 atom stereocenters. The average molecular weight is 367 g/mol. The summed E-state index contributed by atoms with van der Waals surface area (Å²) in [7, 11) is 1.56. The van der Waals surface area contributed by atoms with E-state index in [4.69, 9.17) is 0 Å². The molecule has 24 heavy (non-hydrogen) atoms. The Morgan fingerprint density at radius 1 is 1.25 bits per heavy atom. The van der Waals surface area contributed by atoms with E-state index in [0.717, 1.165) is 47.9 Å². The predicted molar refractivity (Wildman–Crippen MR) is 92.5 cm³/mol. The van der Waals surface area contributed by atoms with Crippen molar-refractivity contribution in [3.05, 3.63) is 16.0 Å². The van der Waals surface area contributed by atoms with Crippen molar-refractivity contribution in [2.75, 3.05) is 12.4 Å². The Morgan fingerprint density at radius 3 is 2.67 bits per heavy atom. The Labute approximate surface area is 146 Å². The van der Waals surface area contributed by atoms with E-state index in [0.29, 0.717) is 10.6 Å². The van der Waals surface area contributed by atoms with Crippen LogP contribution in [0.3, 0.4) is 0 Å². The van der Waals surface area contributed by atoms with Crippen LogP contribution >= 0.6 is 23.1 Å². The predicted octanol–water partition coefficient (Wildman–Crippen LogP) is 1.67. The number of carbonyl (C=O) groups excluding carboxylic acids is 4. The van der Waals surface area contributed by atoms with Gasteiger partial charge in [-0.2, -0.15) is 0 Å². The first-order valence-electron chi connectivity index (χ1n) is 7.67. The highest BCUT2D eigenvalue weighted by atomic mass is 32.2. The summed E-state index contributed by atoms with van der Waals surface area (Å²) in [6.45, 7) is 0. The molecule has 2 heterocycles. The van der Waals surface area contributed by atoms with Crippen LogP contribution in [-0.2, 0) is 22.4 Å². The van der Waals surface area contributed by atoms with Crippen molar-refractivity contribution in [2.24, 2.45) is 0 Å². The molecule has 1 saturated heterocycles. The van der Waals surface area contributed by atoms with Crippen LogP contribution in [0.25, 0.3) is 0 Å². The highest BCUT2D eigenvalue weighted by molar-refractivity contribution is 8.15. The third-order valence-electron chi connectivity index (χ3n) is 4.02. The van der Waals surface area contributed by atoms with Gasteiger partial charge in [0.05, 0.1) is 5.56 Å². The molecule has 128 valence electrons. The molecule has 0 unspecified atom stereocenters. The van der Waals surface area contributed by atoms with Crippen LogP contribution in [-0.4, -0.2) is 35.3 Å². The molecule has 1 aromatic heterocycles. The lowest BCUT2D eigenvalue weighted by atomic mass is 9.95. The van der Waals surface area contributed by atoms with E-state index in [1.165, 1.54) is 11.3 Å². The maximum Gasteiger partial charge on any atom is 0.286 e. The zero-order chi connectivity index (χ0) is 17.3. The number of amides is 4. The van der Waals surface area contributed by atoms with Gasteiger partial charge < -0.3 is 10.6 Å². The first kappa shape index (κ1) is 17.0. The molecule has 1 aromatic rings. The number of hydrogen-bond donors (Lipinski definition) is 3. The average Bonchev–Trinajstić information content (AvgIpc) is 3.05. The SMILES string of the molecule is CNC(=O)c1c(NC(=O)C[C@H]2SC(=O)NC2=O)sc2c1CCCC2. The second kappa shape index (κ2) is 6.94. The van der Waals surface area contributed by atoms with E-state index in [-0.39, 0.29) is 18.2 Å². The Morgan fingerprint density at radius 2 is 2.00 bits per heavy atom. The van der Waals surface area contributed by atoms with Gasteiger partial charge in [-0.25, -0.2) is 0 Å². The van der Waals surface area contributed by atoms with Crippen LogP contribution in [0.2, 0.25) is 0 Å². The number of fused-ring (bicyclic) bond motifs is 1. The number of aryl methyl sites for hydroxylation is 1.